The zero-order chi connectivity index (χ0) is 17.1. The summed E-state index contributed by atoms with van der Waals surface area (Å²) >= 11 is 0. The van der Waals surface area contributed by atoms with Crippen molar-refractivity contribution in [1.29, 1.82) is 0 Å². The maximum atomic E-state index is 7.00. The molecule has 24 heavy (non-hydrogen) atoms. The predicted octanol–water partition coefficient (Wildman–Crippen LogP) is 4.75. The van der Waals surface area contributed by atoms with E-state index in [1.807, 2.05) is 0 Å². The van der Waals surface area contributed by atoms with E-state index >= 15 is 0 Å². The molecule has 0 saturated heterocycles. The monoisotopic (exact) mass is 325 g/mol. The lowest BCUT2D eigenvalue weighted by Crippen LogP contribution is -2.60. The molecule has 1 aromatic carbocycles. The largest absolute Gasteiger partial charge is 0.497 e. The third-order valence-electron chi connectivity index (χ3n) is 7.75. The molecule has 2 heteroatoms. The van der Waals surface area contributed by atoms with Gasteiger partial charge >= 0.3 is 0 Å². The first-order chi connectivity index (χ1) is 11.5. The molecule has 1 unspecified atom stereocenters. The second-order valence-electron chi connectivity index (χ2n) is 8.21. The lowest BCUT2D eigenvalue weighted by Gasteiger charge is -2.58. The number of nitrogens with two attached hydrogens (primary N) is 1. The summed E-state index contributed by atoms with van der Waals surface area (Å²) in [4.78, 5) is 0. The van der Waals surface area contributed by atoms with E-state index in [9.17, 15) is 0 Å². The fourth-order valence-corrected chi connectivity index (χ4v) is 6.73. The molecule has 4 atom stereocenters. The van der Waals surface area contributed by atoms with Crippen LogP contribution in [0.15, 0.2) is 29.3 Å². The smallest absolute Gasteiger partial charge is 0.119 e. The van der Waals surface area contributed by atoms with E-state index in [1.54, 1.807) is 18.3 Å². The van der Waals surface area contributed by atoms with Gasteiger partial charge in [-0.25, -0.2) is 0 Å². The number of ether oxygens (including phenoxy) is 1. The molecule has 0 radical (unpaired) electrons. The van der Waals surface area contributed by atoms with Crippen LogP contribution < -0.4 is 10.5 Å². The van der Waals surface area contributed by atoms with E-state index in [0.717, 1.165) is 18.6 Å². The van der Waals surface area contributed by atoms with Crippen LogP contribution in [-0.2, 0) is 11.8 Å². The third kappa shape index (κ3) is 1.71. The first kappa shape index (κ1) is 16.2. The van der Waals surface area contributed by atoms with E-state index in [1.165, 1.54) is 36.8 Å². The van der Waals surface area contributed by atoms with Gasteiger partial charge in [-0.15, -0.1) is 0 Å². The number of benzene rings is 1. The van der Waals surface area contributed by atoms with Crippen molar-refractivity contribution in [2.75, 3.05) is 7.11 Å². The van der Waals surface area contributed by atoms with Gasteiger partial charge in [-0.1, -0.05) is 38.0 Å². The molecule has 1 aromatic rings. The Hall–Kier alpha value is -1.28. The van der Waals surface area contributed by atoms with Gasteiger partial charge < -0.3 is 10.5 Å². The van der Waals surface area contributed by atoms with Crippen molar-refractivity contribution in [3.05, 3.63) is 40.5 Å². The Labute approximate surface area is 146 Å². The number of hydrogen-bond acceptors (Lipinski definition) is 2. The van der Waals surface area contributed by atoms with Crippen molar-refractivity contribution >= 4 is 0 Å². The highest BCUT2D eigenvalue weighted by Crippen LogP contribution is 2.68. The lowest BCUT2D eigenvalue weighted by atomic mass is 9.46. The van der Waals surface area contributed by atoms with Gasteiger partial charge in [0, 0.05) is 16.9 Å². The molecule has 0 aliphatic heterocycles. The number of aryl methyl sites for hydroxylation is 1. The highest BCUT2D eigenvalue weighted by atomic mass is 16.5. The Morgan fingerprint density at radius 1 is 1.21 bits per heavy atom. The Kier molecular flexibility index (Phi) is 3.62. The number of fused-ring (bicyclic) bond motifs is 3. The zero-order valence-electron chi connectivity index (χ0n) is 15.6. The lowest BCUT2D eigenvalue weighted by molar-refractivity contribution is 0.0550. The normalized spacial score (nSPS) is 37.2. The second-order valence-corrected chi connectivity index (χ2v) is 8.21. The minimum Gasteiger partial charge on any atom is -0.497 e. The first-order valence-electron chi connectivity index (χ1n) is 9.68. The molecular weight excluding hydrogens is 294 g/mol. The van der Waals surface area contributed by atoms with Crippen LogP contribution in [0.1, 0.15) is 64.0 Å². The van der Waals surface area contributed by atoms with Gasteiger partial charge in [0.1, 0.15) is 5.75 Å². The van der Waals surface area contributed by atoms with Crippen LogP contribution in [0.25, 0.3) is 0 Å². The molecule has 130 valence electrons. The maximum Gasteiger partial charge on any atom is 0.119 e. The van der Waals surface area contributed by atoms with Crippen molar-refractivity contribution in [1.82, 2.24) is 0 Å². The highest BCUT2D eigenvalue weighted by molar-refractivity contribution is 5.52. The number of methoxy groups -OCH3 is 1. The highest BCUT2D eigenvalue weighted by Gasteiger charge is 2.64. The van der Waals surface area contributed by atoms with E-state index < -0.39 is 0 Å². The summed E-state index contributed by atoms with van der Waals surface area (Å²) in [7, 11) is 1.77. The van der Waals surface area contributed by atoms with Gasteiger partial charge in [0.25, 0.3) is 0 Å². The van der Waals surface area contributed by atoms with Crippen molar-refractivity contribution in [2.24, 2.45) is 17.1 Å². The second kappa shape index (κ2) is 5.36. The number of rotatable bonds is 3. The van der Waals surface area contributed by atoms with E-state index in [2.05, 4.69) is 39.0 Å². The quantitative estimate of drug-likeness (QED) is 0.814. The molecule has 4 rings (SSSR count). The Morgan fingerprint density at radius 2 is 2.00 bits per heavy atom. The molecule has 3 aliphatic carbocycles. The van der Waals surface area contributed by atoms with E-state index in [4.69, 9.17) is 10.5 Å². The molecule has 1 spiro atoms. The average molecular weight is 325 g/mol. The average Bonchev–Trinajstić information content (AvgIpc) is 2.76. The van der Waals surface area contributed by atoms with Crippen LogP contribution >= 0.6 is 0 Å². The van der Waals surface area contributed by atoms with E-state index in [-0.39, 0.29) is 10.8 Å². The molecule has 0 aromatic heterocycles. The number of hydrogen-bond donors (Lipinski definition) is 1. The van der Waals surface area contributed by atoms with Crippen LogP contribution in [0, 0.1) is 11.3 Å². The molecule has 3 aliphatic rings. The van der Waals surface area contributed by atoms with E-state index in [0.29, 0.717) is 12.0 Å². The SMILES string of the molecule is CCC1=C(CC)[C@]23CCc4ccc(OC)cc4[C@]2(C)CC[C@H]1C3N. The van der Waals surface area contributed by atoms with Crippen LogP contribution in [0.5, 0.6) is 5.75 Å². The molecule has 1 fully saturated rings. The molecular formula is C22H31NO. The topological polar surface area (TPSA) is 35.2 Å². The molecule has 2 nitrogen and oxygen atoms in total. The standard InChI is InChI=1S/C22H31NO/c1-5-16-17-10-11-21(3)19-13-15(24-4)8-7-14(19)9-12-22(21,20(17)23)18(16)6-2/h7-8,13,17,20H,5-6,9-12,23H2,1-4H3/t17-,20?,21+,22+/m1/s1. The summed E-state index contributed by atoms with van der Waals surface area (Å²) in [6.45, 7) is 7.16. The Balaban J connectivity index is 1.97. The fraction of sp³-hybridized carbons (Fsp3) is 0.636. The Morgan fingerprint density at radius 3 is 2.67 bits per heavy atom. The molecule has 1 saturated carbocycles. The van der Waals surface area contributed by atoms with Gasteiger partial charge in [0.2, 0.25) is 0 Å². The van der Waals surface area contributed by atoms with Gasteiger partial charge in [-0.2, -0.15) is 0 Å². The summed E-state index contributed by atoms with van der Waals surface area (Å²) in [6, 6.07) is 7.00. The minimum absolute atomic E-state index is 0.146. The first-order valence-corrected chi connectivity index (χ1v) is 9.68. The fourth-order valence-electron chi connectivity index (χ4n) is 6.73. The van der Waals surface area contributed by atoms with Crippen LogP contribution in [0.4, 0.5) is 0 Å². The third-order valence-corrected chi connectivity index (χ3v) is 7.75. The van der Waals surface area contributed by atoms with Crippen LogP contribution in [-0.4, -0.2) is 13.2 Å². The summed E-state index contributed by atoms with van der Waals surface area (Å²) < 4.78 is 5.56. The van der Waals surface area contributed by atoms with Gasteiger partial charge in [-0.05, 0) is 67.7 Å². The molecule has 0 amide bonds. The van der Waals surface area contributed by atoms with Crippen molar-refractivity contribution in [2.45, 2.75) is 70.8 Å². The maximum absolute atomic E-state index is 7.00. The van der Waals surface area contributed by atoms with Crippen molar-refractivity contribution in [3.63, 3.8) is 0 Å². The van der Waals surface area contributed by atoms with Gasteiger partial charge in [0.05, 0.1) is 7.11 Å². The Bertz CT molecular complexity index is 706. The summed E-state index contributed by atoms with van der Waals surface area (Å²) in [6.07, 6.45) is 7.18. The van der Waals surface area contributed by atoms with Crippen molar-refractivity contribution < 1.29 is 4.74 Å². The summed E-state index contributed by atoms with van der Waals surface area (Å²) in [5.74, 6) is 1.60. The zero-order valence-corrected chi connectivity index (χ0v) is 15.6. The molecule has 2 N–H and O–H groups in total. The van der Waals surface area contributed by atoms with Crippen LogP contribution in [0.2, 0.25) is 0 Å². The summed E-state index contributed by atoms with van der Waals surface area (Å²) in [5.41, 5.74) is 13.7. The summed E-state index contributed by atoms with van der Waals surface area (Å²) in [5, 5.41) is 0. The van der Waals surface area contributed by atoms with Gasteiger partial charge in [0.15, 0.2) is 0 Å². The molecule has 2 bridgehead atoms. The molecule has 0 heterocycles. The minimum atomic E-state index is 0.146. The van der Waals surface area contributed by atoms with Crippen LogP contribution in [0.3, 0.4) is 0 Å². The predicted molar refractivity (Wildman–Crippen MR) is 99.4 cm³/mol. The van der Waals surface area contributed by atoms with Gasteiger partial charge in [-0.3, -0.25) is 0 Å². The van der Waals surface area contributed by atoms with Crippen molar-refractivity contribution in [3.8, 4) is 5.75 Å².